The van der Waals surface area contributed by atoms with Crippen LogP contribution in [-0.2, 0) is 11.8 Å². The summed E-state index contributed by atoms with van der Waals surface area (Å²) < 4.78 is 15.4. The molecule has 0 saturated carbocycles. The van der Waals surface area contributed by atoms with Crippen molar-refractivity contribution >= 4 is 35.1 Å². The van der Waals surface area contributed by atoms with Crippen LogP contribution in [0.5, 0.6) is 0 Å². The van der Waals surface area contributed by atoms with Crippen LogP contribution in [0.15, 0.2) is 69.8 Å². The zero-order valence-electron chi connectivity index (χ0n) is 13.3. The number of aromatic nitrogens is 3. The second-order valence-corrected chi connectivity index (χ2v) is 7.18. The topological polar surface area (TPSA) is 59.8 Å². The molecule has 25 heavy (non-hydrogen) atoms. The maximum Gasteiger partial charge on any atom is 0.234 e. The van der Waals surface area contributed by atoms with Crippen molar-refractivity contribution in [1.82, 2.24) is 14.8 Å². The third-order valence-electron chi connectivity index (χ3n) is 3.21. The fourth-order valence-corrected chi connectivity index (χ4v) is 3.48. The lowest BCUT2D eigenvalue weighted by atomic mass is 10.3. The Labute approximate surface area is 153 Å². The molecule has 0 bridgehead atoms. The Morgan fingerprint density at radius 2 is 1.96 bits per heavy atom. The normalized spacial score (nSPS) is 10.6. The largest absolute Gasteiger partial charge is 0.325 e. The summed E-state index contributed by atoms with van der Waals surface area (Å²) in [7, 11) is 1.88. The van der Waals surface area contributed by atoms with Gasteiger partial charge in [0.05, 0.1) is 5.75 Å². The van der Waals surface area contributed by atoms with Crippen molar-refractivity contribution in [2.45, 2.75) is 14.9 Å². The van der Waals surface area contributed by atoms with Crippen LogP contribution in [0.3, 0.4) is 0 Å². The zero-order chi connectivity index (χ0) is 17.6. The van der Waals surface area contributed by atoms with Crippen molar-refractivity contribution < 1.29 is 9.18 Å². The number of hydrogen-bond donors (Lipinski definition) is 1. The molecule has 1 aromatic heterocycles. The van der Waals surface area contributed by atoms with Gasteiger partial charge >= 0.3 is 0 Å². The Kier molecular flexibility index (Phi) is 5.72. The predicted octanol–water partition coefficient (Wildman–Crippen LogP) is 3.84. The Hall–Kier alpha value is -2.32. The van der Waals surface area contributed by atoms with Crippen molar-refractivity contribution in [3.8, 4) is 0 Å². The van der Waals surface area contributed by atoms with E-state index in [1.54, 1.807) is 24.5 Å². The number of benzene rings is 2. The number of amides is 1. The van der Waals surface area contributed by atoms with E-state index in [4.69, 9.17) is 0 Å². The molecule has 0 fully saturated rings. The molecule has 0 unspecified atom stereocenters. The van der Waals surface area contributed by atoms with Crippen LogP contribution in [0, 0.1) is 5.82 Å². The molecule has 5 nitrogen and oxygen atoms in total. The summed E-state index contributed by atoms with van der Waals surface area (Å²) >= 11 is 2.66. The standard InChI is InChI=1S/C17H15FN4OS2/c1-22-11-19-21-17(22)25-13-8-6-12(7-9-13)20-16(23)10-24-15-5-3-2-4-14(15)18/h2-9,11H,10H2,1H3,(H,20,23). The van der Waals surface area contributed by atoms with Gasteiger partial charge in [0.15, 0.2) is 5.16 Å². The van der Waals surface area contributed by atoms with Gasteiger partial charge in [-0.3, -0.25) is 4.79 Å². The van der Waals surface area contributed by atoms with Crippen LogP contribution in [0.2, 0.25) is 0 Å². The van der Waals surface area contributed by atoms with E-state index in [9.17, 15) is 9.18 Å². The Balaban J connectivity index is 1.53. The second kappa shape index (κ2) is 8.17. The van der Waals surface area contributed by atoms with E-state index in [0.717, 1.165) is 10.1 Å². The summed E-state index contributed by atoms with van der Waals surface area (Å²) in [4.78, 5) is 13.5. The number of aryl methyl sites for hydroxylation is 1. The highest BCUT2D eigenvalue weighted by molar-refractivity contribution is 8.00. The summed E-state index contributed by atoms with van der Waals surface area (Å²) in [5.41, 5.74) is 0.696. The fourth-order valence-electron chi connectivity index (χ4n) is 1.98. The first kappa shape index (κ1) is 17.5. The molecule has 0 spiro atoms. The Bertz CT molecular complexity index is 867. The monoisotopic (exact) mass is 374 g/mol. The Morgan fingerprint density at radius 1 is 1.20 bits per heavy atom. The summed E-state index contributed by atoms with van der Waals surface area (Å²) in [6.07, 6.45) is 1.64. The maximum absolute atomic E-state index is 13.5. The molecule has 3 rings (SSSR count). The van der Waals surface area contributed by atoms with Crippen LogP contribution >= 0.6 is 23.5 Å². The summed E-state index contributed by atoms with van der Waals surface area (Å²) in [6.45, 7) is 0. The van der Waals surface area contributed by atoms with Crippen LogP contribution in [0.4, 0.5) is 10.1 Å². The number of anilines is 1. The number of halogens is 1. The third kappa shape index (κ3) is 4.83. The molecule has 128 valence electrons. The van der Waals surface area contributed by atoms with E-state index in [1.807, 2.05) is 35.9 Å². The van der Waals surface area contributed by atoms with Crippen molar-refractivity contribution in [2.75, 3.05) is 11.1 Å². The van der Waals surface area contributed by atoms with Crippen LogP contribution in [-0.4, -0.2) is 26.4 Å². The van der Waals surface area contributed by atoms with Gasteiger partial charge in [-0.05, 0) is 48.2 Å². The van der Waals surface area contributed by atoms with Gasteiger partial charge in [-0.25, -0.2) is 4.39 Å². The van der Waals surface area contributed by atoms with Gasteiger partial charge in [0.2, 0.25) is 5.91 Å². The number of hydrogen-bond acceptors (Lipinski definition) is 5. The lowest BCUT2D eigenvalue weighted by Crippen LogP contribution is -2.13. The average Bonchev–Trinajstić information content (AvgIpc) is 3.01. The highest BCUT2D eigenvalue weighted by Crippen LogP contribution is 2.26. The van der Waals surface area contributed by atoms with Gasteiger partial charge < -0.3 is 9.88 Å². The molecule has 0 radical (unpaired) electrons. The molecule has 3 aromatic rings. The quantitative estimate of drug-likeness (QED) is 0.665. The number of thioether (sulfide) groups is 1. The smallest absolute Gasteiger partial charge is 0.234 e. The molecule has 0 aliphatic rings. The summed E-state index contributed by atoms with van der Waals surface area (Å²) in [6, 6.07) is 13.9. The molecule has 2 aromatic carbocycles. The lowest BCUT2D eigenvalue weighted by molar-refractivity contribution is -0.113. The summed E-state index contributed by atoms with van der Waals surface area (Å²) in [5.74, 6) is -0.344. The molecule has 0 saturated heterocycles. The van der Waals surface area contributed by atoms with E-state index in [1.165, 1.54) is 29.6 Å². The zero-order valence-corrected chi connectivity index (χ0v) is 15.0. The van der Waals surface area contributed by atoms with E-state index >= 15 is 0 Å². The molecule has 0 atom stereocenters. The van der Waals surface area contributed by atoms with Crippen molar-refractivity contribution in [2.24, 2.45) is 7.05 Å². The van der Waals surface area contributed by atoms with Crippen LogP contribution in [0.1, 0.15) is 0 Å². The highest BCUT2D eigenvalue weighted by Gasteiger charge is 2.08. The number of carbonyl (C=O) groups excluding carboxylic acids is 1. The van der Waals surface area contributed by atoms with Gasteiger partial charge in [0.1, 0.15) is 12.1 Å². The number of nitrogens with zero attached hydrogens (tertiary/aromatic N) is 3. The number of rotatable bonds is 6. The SMILES string of the molecule is Cn1cnnc1Sc1ccc(NC(=O)CSc2ccccc2F)cc1. The van der Waals surface area contributed by atoms with E-state index in [-0.39, 0.29) is 17.5 Å². The van der Waals surface area contributed by atoms with E-state index in [0.29, 0.717) is 10.6 Å². The van der Waals surface area contributed by atoms with Crippen molar-refractivity contribution in [1.29, 1.82) is 0 Å². The number of carbonyl (C=O) groups is 1. The second-order valence-electron chi connectivity index (χ2n) is 5.12. The van der Waals surface area contributed by atoms with Gasteiger partial charge in [-0.2, -0.15) is 0 Å². The molecule has 1 amide bonds. The molecule has 8 heteroatoms. The van der Waals surface area contributed by atoms with E-state index in [2.05, 4.69) is 15.5 Å². The molecule has 0 aliphatic carbocycles. The van der Waals surface area contributed by atoms with Gasteiger partial charge in [0.25, 0.3) is 0 Å². The Morgan fingerprint density at radius 3 is 2.64 bits per heavy atom. The first-order chi connectivity index (χ1) is 12.1. The molecular weight excluding hydrogens is 359 g/mol. The first-order valence-electron chi connectivity index (χ1n) is 7.41. The van der Waals surface area contributed by atoms with Crippen LogP contribution < -0.4 is 5.32 Å². The maximum atomic E-state index is 13.5. The van der Waals surface area contributed by atoms with Gasteiger partial charge in [0, 0.05) is 22.5 Å². The lowest BCUT2D eigenvalue weighted by Gasteiger charge is -2.07. The third-order valence-corrected chi connectivity index (χ3v) is 5.32. The van der Waals surface area contributed by atoms with E-state index < -0.39 is 0 Å². The minimum Gasteiger partial charge on any atom is -0.325 e. The molecule has 1 N–H and O–H groups in total. The molecular formula is C17H15FN4OS2. The summed E-state index contributed by atoms with van der Waals surface area (Å²) in [5, 5.41) is 11.4. The predicted molar refractivity (Wildman–Crippen MR) is 97.3 cm³/mol. The van der Waals surface area contributed by atoms with Gasteiger partial charge in [-0.1, -0.05) is 12.1 Å². The molecule has 0 aliphatic heterocycles. The highest BCUT2D eigenvalue weighted by atomic mass is 32.2. The minimum atomic E-state index is -0.314. The number of nitrogens with one attached hydrogen (secondary N) is 1. The van der Waals surface area contributed by atoms with Crippen LogP contribution in [0.25, 0.3) is 0 Å². The van der Waals surface area contributed by atoms with Crippen molar-refractivity contribution in [3.63, 3.8) is 0 Å². The fraction of sp³-hybridized carbons (Fsp3) is 0.118. The molecule has 1 heterocycles. The first-order valence-corrected chi connectivity index (χ1v) is 9.21. The minimum absolute atomic E-state index is 0.149. The van der Waals surface area contributed by atoms with Gasteiger partial charge in [-0.15, -0.1) is 22.0 Å². The average molecular weight is 374 g/mol. The van der Waals surface area contributed by atoms with Crippen molar-refractivity contribution in [3.05, 3.63) is 60.7 Å².